The van der Waals surface area contributed by atoms with Crippen molar-refractivity contribution in [2.45, 2.75) is 34.1 Å². The van der Waals surface area contributed by atoms with E-state index in [9.17, 15) is 4.79 Å². The van der Waals surface area contributed by atoms with E-state index in [0.29, 0.717) is 0 Å². The Morgan fingerprint density at radius 2 is 1.88 bits per heavy atom. The van der Waals surface area contributed by atoms with Crippen LogP contribution in [-0.2, 0) is 4.79 Å². The molecule has 0 bridgehead atoms. The second-order valence-corrected chi connectivity index (χ2v) is 4.41. The number of hydrogen-bond acceptors (Lipinski definition) is 1. The van der Waals surface area contributed by atoms with Crippen LogP contribution in [0.2, 0.25) is 0 Å². The first kappa shape index (κ1) is 12.7. The molecule has 0 radical (unpaired) electrons. The minimum absolute atomic E-state index is 0.125. The molecule has 0 spiro atoms. The van der Waals surface area contributed by atoms with Crippen LogP contribution in [0.5, 0.6) is 0 Å². The van der Waals surface area contributed by atoms with Gasteiger partial charge in [-0.1, -0.05) is 43.7 Å². The van der Waals surface area contributed by atoms with Gasteiger partial charge >= 0.3 is 0 Å². The molecule has 1 nitrogen and oxygen atoms in total. The van der Waals surface area contributed by atoms with E-state index in [1.165, 1.54) is 5.56 Å². The summed E-state index contributed by atoms with van der Waals surface area (Å²) >= 11 is 0. The van der Waals surface area contributed by atoms with Crippen LogP contribution in [0.3, 0.4) is 0 Å². The second kappa shape index (κ2) is 5.64. The van der Waals surface area contributed by atoms with Gasteiger partial charge in [-0.3, -0.25) is 4.79 Å². The van der Waals surface area contributed by atoms with Crippen molar-refractivity contribution in [3.05, 3.63) is 41.5 Å². The van der Waals surface area contributed by atoms with Crippen LogP contribution in [-0.4, -0.2) is 5.78 Å². The lowest BCUT2D eigenvalue weighted by Gasteiger charge is -2.05. The first-order chi connectivity index (χ1) is 7.54. The van der Waals surface area contributed by atoms with Gasteiger partial charge in [0.05, 0.1) is 0 Å². The normalized spacial score (nSPS) is 13.6. The molecule has 0 saturated heterocycles. The molecule has 0 fully saturated rings. The maximum absolute atomic E-state index is 11.7. The van der Waals surface area contributed by atoms with Crippen molar-refractivity contribution in [2.75, 3.05) is 0 Å². The number of ketones is 1. The molecule has 1 aromatic carbocycles. The van der Waals surface area contributed by atoms with E-state index in [4.69, 9.17) is 0 Å². The highest BCUT2D eigenvalue weighted by Gasteiger charge is 2.08. The lowest BCUT2D eigenvalue weighted by atomic mass is 9.99. The van der Waals surface area contributed by atoms with Gasteiger partial charge in [-0.15, -0.1) is 0 Å². The Morgan fingerprint density at radius 3 is 2.38 bits per heavy atom. The summed E-state index contributed by atoms with van der Waals surface area (Å²) in [6.45, 7) is 8.07. The van der Waals surface area contributed by atoms with Gasteiger partial charge in [0.1, 0.15) is 0 Å². The topological polar surface area (TPSA) is 17.1 Å². The van der Waals surface area contributed by atoms with Gasteiger partial charge < -0.3 is 0 Å². The van der Waals surface area contributed by atoms with Crippen LogP contribution in [0.25, 0.3) is 5.57 Å². The van der Waals surface area contributed by atoms with Crippen LogP contribution in [0.1, 0.15) is 38.3 Å². The van der Waals surface area contributed by atoms with E-state index in [2.05, 4.69) is 31.2 Å². The summed E-state index contributed by atoms with van der Waals surface area (Å²) in [5.41, 5.74) is 3.41. The average Bonchev–Trinajstić information content (AvgIpc) is 2.28. The number of carbonyl (C=O) groups excluding carboxylic acids is 1. The van der Waals surface area contributed by atoms with Crippen molar-refractivity contribution >= 4 is 11.4 Å². The molecule has 0 heterocycles. The molecule has 1 unspecified atom stereocenters. The first-order valence-corrected chi connectivity index (χ1v) is 5.83. The highest BCUT2D eigenvalue weighted by molar-refractivity contribution is 5.97. The molecular formula is C15H20O. The van der Waals surface area contributed by atoms with E-state index in [-0.39, 0.29) is 11.7 Å². The molecule has 0 saturated carbocycles. The van der Waals surface area contributed by atoms with Crippen molar-refractivity contribution in [3.63, 3.8) is 0 Å². The zero-order chi connectivity index (χ0) is 12.1. The maximum Gasteiger partial charge on any atom is 0.158 e. The van der Waals surface area contributed by atoms with Gasteiger partial charge in [0.2, 0.25) is 0 Å². The summed E-state index contributed by atoms with van der Waals surface area (Å²) in [5, 5.41) is 0. The number of carbonyl (C=O) groups is 1. The number of benzene rings is 1. The third kappa shape index (κ3) is 3.34. The Bertz CT molecular complexity index is 384. The largest absolute Gasteiger partial charge is 0.295 e. The third-order valence-corrected chi connectivity index (χ3v) is 2.96. The van der Waals surface area contributed by atoms with Crippen LogP contribution in [0.4, 0.5) is 0 Å². The summed E-state index contributed by atoms with van der Waals surface area (Å²) in [6.07, 6.45) is 2.66. The Morgan fingerprint density at radius 1 is 1.31 bits per heavy atom. The van der Waals surface area contributed by atoms with Crippen molar-refractivity contribution in [1.82, 2.24) is 0 Å². The fourth-order valence-electron chi connectivity index (χ4n) is 1.46. The van der Waals surface area contributed by atoms with Gasteiger partial charge in [-0.25, -0.2) is 0 Å². The zero-order valence-corrected chi connectivity index (χ0v) is 10.6. The quantitative estimate of drug-likeness (QED) is 0.695. The van der Waals surface area contributed by atoms with Crippen molar-refractivity contribution in [1.29, 1.82) is 0 Å². The van der Waals surface area contributed by atoms with E-state index in [0.717, 1.165) is 17.6 Å². The highest BCUT2D eigenvalue weighted by Crippen LogP contribution is 2.16. The fourth-order valence-corrected chi connectivity index (χ4v) is 1.46. The molecule has 16 heavy (non-hydrogen) atoms. The van der Waals surface area contributed by atoms with Gasteiger partial charge in [0.25, 0.3) is 0 Å². The van der Waals surface area contributed by atoms with Crippen molar-refractivity contribution < 1.29 is 4.79 Å². The molecule has 0 aromatic heterocycles. The maximum atomic E-state index is 11.7. The van der Waals surface area contributed by atoms with Gasteiger partial charge in [-0.05, 0) is 37.5 Å². The highest BCUT2D eigenvalue weighted by atomic mass is 16.1. The molecular weight excluding hydrogens is 196 g/mol. The Kier molecular flexibility index (Phi) is 4.48. The molecule has 0 amide bonds. The monoisotopic (exact) mass is 216 g/mol. The van der Waals surface area contributed by atoms with Crippen LogP contribution < -0.4 is 0 Å². The molecule has 86 valence electrons. The smallest absolute Gasteiger partial charge is 0.158 e. The average molecular weight is 216 g/mol. The third-order valence-electron chi connectivity index (χ3n) is 2.96. The number of rotatable bonds is 4. The summed E-state index contributed by atoms with van der Waals surface area (Å²) in [7, 11) is 0. The predicted molar refractivity (Wildman–Crippen MR) is 69.3 cm³/mol. The summed E-state index contributed by atoms with van der Waals surface area (Å²) in [6, 6.07) is 8.26. The molecule has 1 atom stereocenters. The summed E-state index contributed by atoms with van der Waals surface area (Å²) in [4.78, 5) is 11.7. The molecule has 0 aliphatic rings. The Hall–Kier alpha value is -1.37. The van der Waals surface area contributed by atoms with E-state index < -0.39 is 0 Å². The minimum atomic E-state index is 0.125. The van der Waals surface area contributed by atoms with E-state index in [1.54, 1.807) is 6.08 Å². The zero-order valence-electron chi connectivity index (χ0n) is 10.6. The number of allylic oxidation sites excluding steroid dienone is 2. The second-order valence-electron chi connectivity index (χ2n) is 4.41. The van der Waals surface area contributed by atoms with E-state index >= 15 is 0 Å². The van der Waals surface area contributed by atoms with Crippen molar-refractivity contribution in [2.24, 2.45) is 5.92 Å². The first-order valence-electron chi connectivity index (χ1n) is 5.83. The van der Waals surface area contributed by atoms with Crippen molar-refractivity contribution in [3.8, 4) is 0 Å². The molecule has 1 rings (SSSR count). The Balaban J connectivity index is 2.85. The van der Waals surface area contributed by atoms with Gasteiger partial charge in [-0.2, -0.15) is 0 Å². The minimum Gasteiger partial charge on any atom is -0.295 e. The fraction of sp³-hybridized carbons (Fsp3) is 0.400. The molecule has 0 N–H and O–H groups in total. The molecule has 0 aliphatic heterocycles. The lowest BCUT2D eigenvalue weighted by molar-refractivity contribution is -0.117. The number of hydrogen-bond donors (Lipinski definition) is 0. The molecule has 1 aromatic rings. The molecule has 1 heteroatoms. The SMILES string of the molecule is CCC(C)C(=O)/C=C(\C)c1ccc(C)cc1. The van der Waals surface area contributed by atoms with Crippen LogP contribution >= 0.6 is 0 Å². The van der Waals surface area contributed by atoms with Gasteiger partial charge in [0, 0.05) is 5.92 Å². The van der Waals surface area contributed by atoms with Crippen LogP contribution in [0, 0.1) is 12.8 Å². The number of aryl methyl sites for hydroxylation is 1. The van der Waals surface area contributed by atoms with Crippen LogP contribution in [0.15, 0.2) is 30.3 Å². The summed E-state index contributed by atoms with van der Waals surface area (Å²) < 4.78 is 0. The predicted octanol–water partition coefficient (Wildman–Crippen LogP) is 4.01. The Labute approximate surface area is 98.2 Å². The summed E-state index contributed by atoms with van der Waals surface area (Å²) in [5.74, 6) is 0.348. The van der Waals surface area contributed by atoms with Gasteiger partial charge in [0.15, 0.2) is 5.78 Å². The van der Waals surface area contributed by atoms with E-state index in [1.807, 2.05) is 20.8 Å². The standard InChI is InChI=1S/C15H20O/c1-5-12(3)15(16)10-13(4)14-8-6-11(2)7-9-14/h6-10,12H,5H2,1-4H3/b13-10+. The lowest BCUT2D eigenvalue weighted by Crippen LogP contribution is -2.06. The molecule has 0 aliphatic carbocycles.